The second kappa shape index (κ2) is 11.1. The summed E-state index contributed by atoms with van der Waals surface area (Å²) in [4.78, 5) is 0. The maximum absolute atomic E-state index is 15.2. The van der Waals surface area contributed by atoms with Crippen LogP contribution < -0.4 is 0 Å². The van der Waals surface area contributed by atoms with Crippen molar-refractivity contribution in [2.45, 2.75) is 43.8 Å². The lowest BCUT2D eigenvalue weighted by Crippen LogP contribution is -2.35. The van der Waals surface area contributed by atoms with E-state index in [0.29, 0.717) is 30.7 Å². The summed E-state index contributed by atoms with van der Waals surface area (Å²) in [7, 11) is 0. The van der Waals surface area contributed by atoms with Crippen LogP contribution in [0.4, 0.5) is 48.3 Å². The maximum Gasteiger partial charge on any atom is 0.527 e. The van der Waals surface area contributed by atoms with Crippen molar-refractivity contribution in [3.05, 3.63) is 93.6 Å². The van der Waals surface area contributed by atoms with E-state index in [-0.39, 0.29) is 30.9 Å². The van der Waals surface area contributed by atoms with Gasteiger partial charge in [-0.15, -0.1) is 13.2 Å². The first-order valence-corrected chi connectivity index (χ1v) is 12.8. The molecule has 0 radical (unpaired) electrons. The first-order chi connectivity index (χ1) is 20.5. The van der Waals surface area contributed by atoms with Crippen LogP contribution in [-0.4, -0.2) is 25.2 Å². The number of ether oxygens (including phenoxy) is 4. The largest absolute Gasteiger partial charge is 0.527 e. The molecule has 44 heavy (non-hydrogen) atoms. The normalized spacial score (nSPS) is 22.0. The van der Waals surface area contributed by atoms with Crippen LogP contribution in [0.5, 0.6) is 0 Å². The second-order valence-electron chi connectivity index (χ2n) is 10.1. The van der Waals surface area contributed by atoms with Gasteiger partial charge in [0.15, 0.2) is 0 Å². The van der Waals surface area contributed by atoms with Gasteiger partial charge in [-0.3, -0.25) is 0 Å². The van der Waals surface area contributed by atoms with Gasteiger partial charge in [0.2, 0.25) is 0 Å². The lowest BCUT2D eigenvalue weighted by Gasteiger charge is -2.25. The molecule has 2 saturated heterocycles. The molecule has 3 aromatic carbocycles. The third-order valence-corrected chi connectivity index (χ3v) is 6.91. The molecule has 2 fully saturated rings. The Labute approximate surface area is 241 Å². The Morgan fingerprint density at radius 3 is 1.80 bits per heavy atom. The molecule has 5 rings (SSSR count). The van der Waals surface area contributed by atoms with Crippen LogP contribution >= 0.6 is 0 Å². The average Bonchev–Trinajstić information content (AvgIpc) is 3.43. The number of halogens is 11. The van der Waals surface area contributed by atoms with Gasteiger partial charge in [0.1, 0.15) is 46.1 Å². The first kappa shape index (κ1) is 31.9. The minimum Gasteiger partial charge on any atom is -0.320 e. The van der Waals surface area contributed by atoms with Crippen molar-refractivity contribution >= 4 is 12.2 Å². The van der Waals surface area contributed by atoms with Crippen molar-refractivity contribution in [1.82, 2.24) is 0 Å². The van der Waals surface area contributed by atoms with Crippen molar-refractivity contribution in [2.75, 3.05) is 13.2 Å². The number of benzene rings is 3. The van der Waals surface area contributed by atoms with Crippen LogP contribution in [0.25, 0.3) is 23.3 Å². The molecule has 0 N–H and O–H groups in total. The fraction of sp³-hybridized carbons (Fsp3) is 0.310. The zero-order valence-corrected chi connectivity index (χ0v) is 22.2. The fourth-order valence-corrected chi connectivity index (χ4v) is 5.07. The molecular formula is C29H19F11O4. The Kier molecular flexibility index (Phi) is 8.06. The topological polar surface area (TPSA) is 36.9 Å². The summed E-state index contributed by atoms with van der Waals surface area (Å²) in [6, 6.07) is 3.18. The van der Waals surface area contributed by atoms with Crippen molar-refractivity contribution < 1.29 is 67.2 Å². The Morgan fingerprint density at radius 1 is 0.750 bits per heavy atom. The van der Waals surface area contributed by atoms with Gasteiger partial charge in [-0.25, -0.2) is 31.1 Å². The molecule has 3 aromatic rings. The fourth-order valence-electron chi connectivity index (χ4n) is 5.07. The molecule has 2 aliphatic heterocycles. The molecule has 0 saturated carbocycles. The van der Waals surface area contributed by atoms with Crippen LogP contribution in [0.2, 0.25) is 0 Å². The molecule has 236 valence electrons. The summed E-state index contributed by atoms with van der Waals surface area (Å²) in [6.07, 6.45) is -8.77. The lowest BCUT2D eigenvalue weighted by atomic mass is 9.99. The van der Waals surface area contributed by atoms with E-state index in [1.165, 1.54) is 0 Å². The highest BCUT2D eigenvalue weighted by atomic mass is 19.4. The lowest BCUT2D eigenvalue weighted by molar-refractivity contribution is -0.432. The molecular weight excluding hydrogens is 621 g/mol. The number of fused-ring (bicyclic) bond motifs is 2. The van der Waals surface area contributed by atoms with E-state index in [4.69, 9.17) is 14.2 Å². The summed E-state index contributed by atoms with van der Waals surface area (Å²) in [5.41, 5.74) is -6.12. The summed E-state index contributed by atoms with van der Waals surface area (Å²) >= 11 is 0. The molecule has 0 unspecified atom stereocenters. The third-order valence-electron chi connectivity index (χ3n) is 6.91. The highest BCUT2D eigenvalue weighted by Gasteiger charge is 2.59. The van der Waals surface area contributed by atoms with Gasteiger partial charge in [-0.2, -0.15) is 8.78 Å². The smallest absolute Gasteiger partial charge is 0.320 e. The van der Waals surface area contributed by atoms with Crippen LogP contribution in [0.1, 0.15) is 42.0 Å². The van der Waals surface area contributed by atoms with Gasteiger partial charge in [0, 0.05) is 11.1 Å². The number of hydrogen-bond donors (Lipinski definition) is 0. The van der Waals surface area contributed by atoms with E-state index in [1.54, 1.807) is 0 Å². The van der Waals surface area contributed by atoms with E-state index in [1.807, 2.05) is 6.92 Å². The second-order valence-corrected chi connectivity index (χ2v) is 10.1. The minimum atomic E-state index is -5.93. The molecule has 0 atom stereocenters. The molecule has 0 aromatic heterocycles. The van der Waals surface area contributed by atoms with E-state index < -0.39 is 86.8 Å². The summed E-state index contributed by atoms with van der Waals surface area (Å²) in [5, 5.41) is 0. The average molecular weight is 640 g/mol. The minimum absolute atomic E-state index is 0.125. The maximum atomic E-state index is 15.2. The van der Waals surface area contributed by atoms with Crippen LogP contribution in [0.15, 0.2) is 36.4 Å². The van der Waals surface area contributed by atoms with Gasteiger partial charge in [-0.1, -0.05) is 19.4 Å². The summed E-state index contributed by atoms with van der Waals surface area (Å²) in [5.74, 6) is -11.4. The van der Waals surface area contributed by atoms with Gasteiger partial charge in [0.25, 0.3) is 0 Å². The number of hydrogen-bond acceptors (Lipinski definition) is 4. The molecule has 15 heteroatoms. The number of rotatable bonds is 8. The standard InChI is InChI=1S/C29H19F11O4/c1-2-5-26-12-41-28(43-26,42-13-26)16-10-20(32)24(21(33)11-16)15-8-18(30)17(19(31)9-15)4-3-14-6-22(34)25(23(35)7-14)27(36,37)44-29(38,39)40/h3-4,6-11H,2,5,12-13H2,1H3/b4-3+. The van der Waals surface area contributed by atoms with Gasteiger partial charge < -0.3 is 14.2 Å². The monoisotopic (exact) mass is 640 g/mol. The SMILES string of the molecule is CCCC12COC(c3cc(F)c(-c4cc(F)c(/C=C/c5cc(F)c(C(F)(F)OC(F)(F)F)c(F)c5)c(F)c4)c(F)c3)(OC1)O2. The van der Waals surface area contributed by atoms with E-state index in [9.17, 15) is 39.5 Å². The Balaban J connectivity index is 1.41. The van der Waals surface area contributed by atoms with E-state index in [0.717, 1.165) is 18.6 Å². The van der Waals surface area contributed by atoms with Crippen molar-refractivity contribution in [3.8, 4) is 11.1 Å². The van der Waals surface area contributed by atoms with Gasteiger partial charge in [-0.05, 0) is 60.0 Å². The highest BCUT2D eigenvalue weighted by molar-refractivity contribution is 5.73. The number of alkyl halides is 5. The quantitative estimate of drug-likeness (QED) is 0.183. The van der Waals surface area contributed by atoms with Crippen LogP contribution in [-0.2, 0) is 31.0 Å². The van der Waals surface area contributed by atoms with Gasteiger partial charge in [0.05, 0.1) is 18.8 Å². The van der Waals surface area contributed by atoms with E-state index in [2.05, 4.69) is 4.74 Å². The Hall–Kier alpha value is -3.53. The molecule has 0 aliphatic carbocycles. The van der Waals surface area contributed by atoms with E-state index >= 15 is 8.78 Å². The predicted octanol–water partition coefficient (Wildman–Crippen LogP) is 8.67. The Morgan fingerprint density at radius 2 is 1.30 bits per heavy atom. The molecule has 2 heterocycles. The van der Waals surface area contributed by atoms with Crippen molar-refractivity contribution in [2.24, 2.45) is 0 Å². The van der Waals surface area contributed by atoms with Gasteiger partial charge >= 0.3 is 18.4 Å². The predicted molar refractivity (Wildman–Crippen MR) is 130 cm³/mol. The zero-order valence-electron chi connectivity index (χ0n) is 22.2. The first-order valence-electron chi connectivity index (χ1n) is 12.8. The van der Waals surface area contributed by atoms with Crippen LogP contribution in [0, 0.1) is 34.9 Å². The van der Waals surface area contributed by atoms with Crippen molar-refractivity contribution in [3.63, 3.8) is 0 Å². The highest BCUT2D eigenvalue weighted by Crippen LogP contribution is 2.49. The summed E-state index contributed by atoms with van der Waals surface area (Å²) < 4.78 is 172. The molecule has 2 aliphatic rings. The Bertz CT molecular complexity index is 1560. The molecule has 4 nitrogen and oxygen atoms in total. The zero-order chi connectivity index (χ0) is 32.2. The third kappa shape index (κ3) is 5.93. The van der Waals surface area contributed by atoms with Crippen molar-refractivity contribution in [1.29, 1.82) is 0 Å². The molecule has 0 spiro atoms. The van der Waals surface area contributed by atoms with Crippen LogP contribution in [0.3, 0.4) is 0 Å². The molecule has 0 amide bonds. The molecule has 2 bridgehead atoms. The summed E-state index contributed by atoms with van der Waals surface area (Å²) in [6.45, 7) is 2.16.